The van der Waals surface area contributed by atoms with Crippen molar-refractivity contribution in [2.24, 2.45) is 17.8 Å². The van der Waals surface area contributed by atoms with Crippen LogP contribution < -0.4 is 10.6 Å². The molecule has 2 rings (SSSR count). The van der Waals surface area contributed by atoms with Crippen LogP contribution in [-0.4, -0.2) is 110 Å². The quantitative estimate of drug-likeness (QED) is 0.103. The molecule has 0 bridgehead atoms. The number of hydrogen-bond acceptors (Lipinski definition) is 7. The van der Waals surface area contributed by atoms with Gasteiger partial charge < -0.3 is 20.6 Å². The summed E-state index contributed by atoms with van der Waals surface area (Å²) in [6.45, 7) is 24.6. The van der Waals surface area contributed by atoms with Gasteiger partial charge in [-0.05, 0) is 76.8 Å². The van der Waals surface area contributed by atoms with Crippen molar-refractivity contribution in [1.82, 2.24) is 25.3 Å². The molecule has 2 fully saturated rings. The molecule has 248 valence electrons. The Hall–Kier alpha value is -1.27. The third-order valence-electron chi connectivity index (χ3n) is 9.33. The van der Waals surface area contributed by atoms with Gasteiger partial charge in [-0.3, -0.25) is 9.80 Å². The molecule has 0 aliphatic carbocycles. The summed E-state index contributed by atoms with van der Waals surface area (Å²) in [5.74, 6) is 1.31. The van der Waals surface area contributed by atoms with Gasteiger partial charge in [-0.25, -0.2) is 0 Å². The van der Waals surface area contributed by atoms with Crippen molar-refractivity contribution < 1.29 is 5.11 Å². The van der Waals surface area contributed by atoms with E-state index in [0.717, 1.165) is 136 Å². The van der Waals surface area contributed by atoms with Crippen molar-refractivity contribution in [2.75, 3.05) is 85.1 Å². The van der Waals surface area contributed by atoms with Gasteiger partial charge in [-0.15, -0.1) is 6.58 Å². The molecule has 43 heavy (non-hydrogen) atoms. The van der Waals surface area contributed by atoms with Crippen molar-refractivity contribution in [3.05, 3.63) is 24.8 Å². The molecule has 0 spiro atoms. The van der Waals surface area contributed by atoms with Crippen molar-refractivity contribution >= 4 is 0 Å². The van der Waals surface area contributed by atoms with Gasteiger partial charge in [0.1, 0.15) is 0 Å². The summed E-state index contributed by atoms with van der Waals surface area (Å²) in [5, 5.41) is 27.6. The third kappa shape index (κ3) is 19.0. The minimum Gasteiger partial charge on any atom is -0.389 e. The Morgan fingerprint density at radius 2 is 1.56 bits per heavy atom. The average molecular weight is 601 g/mol. The Kier molecular flexibility index (Phi) is 20.4. The minimum atomic E-state index is -0.576. The van der Waals surface area contributed by atoms with Crippen LogP contribution in [0, 0.1) is 29.1 Å². The van der Waals surface area contributed by atoms with Crippen molar-refractivity contribution in [3.8, 4) is 6.07 Å². The van der Waals surface area contributed by atoms with E-state index in [0.29, 0.717) is 5.92 Å². The predicted octanol–water partition coefficient (Wildman–Crippen LogP) is 5.30. The fourth-order valence-electron chi connectivity index (χ4n) is 6.48. The molecule has 0 aromatic heterocycles. The fourth-order valence-corrected chi connectivity index (χ4v) is 6.48. The number of nitrogens with one attached hydrogen (secondary N) is 2. The number of nitrogens with zero attached hydrogens (tertiary/aromatic N) is 4. The van der Waals surface area contributed by atoms with Gasteiger partial charge in [0.05, 0.1) is 11.7 Å². The smallest absolute Gasteiger partial charge is 0.0746 e. The Balaban J connectivity index is 1.49. The number of piperazine rings is 2. The highest BCUT2D eigenvalue weighted by Crippen LogP contribution is 2.23. The molecule has 0 saturated carbocycles. The van der Waals surface area contributed by atoms with E-state index in [9.17, 15) is 10.4 Å². The van der Waals surface area contributed by atoms with Crippen LogP contribution in [0.3, 0.4) is 0 Å². The highest BCUT2D eigenvalue weighted by Gasteiger charge is 2.26. The first-order chi connectivity index (χ1) is 20.8. The standard InChI is InChI=1S/C36H68N6O/c1-5-34(15-8-6-7-12-18-38-19-23-41-24-20-39-21-25-41)30-35(31-37)16-10-13-22-40-26-28-42(29-27-40)32-36(4,43)17-11-9-14-33(2)3/h5-7,33-35,38-39,43H,1,8-30,32H2,2-4H3/b7-6+. The molecule has 2 aliphatic rings. The Morgan fingerprint density at radius 3 is 2.26 bits per heavy atom. The second-order valence-corrected chi connectivity index (χ2v) is 14.0. The fraction of sp³-hybridized carbons (Fsp3) is 0.861. The molecule has 7 heteroatoms. The van der Waals surface area contributed by atoms with Gasteiger partial charge in [0.2, 0.25) is 0 Å². The number of allylic oxidation sites excluding steroid dienone is 2. The normalized spacial score (nSPS) is 20.3. The Bertz CT molecular complexity index is 764. The number of rotatable bonds is 24. The van der Waals surface area contributed by atoms with E-state index < -0.39 is 5.60 Å². The first-order valence-corrected chi connectivity index (χ1v) is 17.8. The molecule has 2 aliphatic heterocycles. The molecule has 2 heterocycles. The van der Waals surface area contributed by atoms with Crippen molar-refractivity contribution in [3.63, 3.8) is 0 Å². The maximum atomic E-state index is 10.9. The molecule has 0 aromatic carbocycles. The molecule has 7 nitrogen and oxygen atoms in total. The SMILES string of the molecule is C=CC(CC/C=C/CCNCCN1CCNCC1)CC(C#N)CCCCN1CCN(CC(C)(O)CCCCC(C)C)CC1. The van der Waals surface area contributed by atoms with E-state index in [-0.39, 0.29) is 5.92 Å². The Morgan fingerprint density at radius 1 is 0.884 bits per heavy atom. The van der Waals surface area contributed by atoms with Crippen molar-refractivity contribution in [1.29, 1.82) is 5.26 Å². The molecule has 2 saturated heterocycles. The third-order valence-corrected chi connectivity index (χ3v) is 9.33. The van der Waals surface area contributed by atoms with Gasteiger partial charge in [-0.2, -0.15) is 5.26 Å². The predicted molar refractivity (Wildman–Crippen MR) is 183 cm³/mol. The molecule has 3 unspecified atom stereocenters. The molecule has 3 N–H and O–H groups in total. The first kappa shape index (κ1) is 37.9. The number of aliphatic hydroxyl groups is 1. The van der Waals surface area contributed by atoms with Crippen LogP contribution in [0.2, 0.25) is 0 Å². The average Bonchev–Trinajstić information content (AvgIpc) is 3.00. The van der Waals surface area contributed by atoms with Crippen LogP contribution in [-0.2, 0) is 0 Å². The Labute approximate surface area is 266 Å². The van der Waals surface area contributed by atoms with Crippen LogP contribution in [0.1, 0.15) is 91.4 Å². The zero-order valence-electron chi connectivity index (χ0n) is 28.4. The zero-order valence-corrected chi connectivity index (χ0v) is 28.4. The molecule has 0 amide bonds. The van der Waals surface area contributed by atoms with Crippen LogP contribution >= 0.6 is 0 Å². The highest BCUT2D eigenvalue weighted by molar-refractivity contribution is 4.92. The van der Waals surface area contributed by atoms with Crippen molar-refractivity contribution in [2.45, 2.75) is 97.0 Å². The first-order valence-electron chi connectivity index (χ1n) is 17.8. The maximum absolute atomic E-state index is 10.9. The van der Waals surface area contributed by atoms with Crippen LogP contribution in [0.5, 0.6) is 0 Å². The minimum absolute atomic E-state index is 0.131. The van der Waals surface area contributed by atoms with Crippen LogP contribution in [0.4, 0.5) is 0 Å². The second kappa shape index (κ2) is 23.1. The zero-order chi connectivity index (χ0) is 31.2. The summed E-state index contributed by atoms with van der Waals surface area (Å²) in [4.78, 5) is 7.54. The summed E-state index contributed by atoms with van der Waals surface area (Å²) in [7, 11) is 0. The number of nitriles is 1. The lowest BCUT2D eigenvalue weighted by atomic mass is 9.88. The highest BCUT2D eigenvalue weighted by atomic mass is 16.3. The number of unbranched alkanes of at least 4 members (excludes halogenated alkanes) is 2. The molecule has 3 atom stereocenters. The van der Waals surface area contributed by atoms with E-state index in [4.69, 9.17) is 0 Å². The van der Waals surface area contributed by atoms with E-state index in [1.807, 2.05) is 6.92 Å². The maximum Gasteiger partial charge on any atom is 0.0746 e. The number of β-amino-alcohol motifs (C(OH)–C–C–N with tert-alkyl or cyclic N) is 1. The van der Waals surface area contributed by atoms with E-state index in [1.165, 1.54) is 25.9 Å². The summed E-state index contributed by atoms with van der Waals surface area (Å²) in [6, 6.07) is 2.59. The van der Waals surface area contributed by atoms with E-state index in [1.54, 1.807) is 0 Å². The van der Waals surface area contributed by atoms with E-state index >= 15 is 0 Å². The van der Waals surface area contributed by atoms with Gasteiger partial charge in [0.25, 0.3) is 0 Å². The van der Waals surface area contributed by atoms with Gasteiger partial charge in [0.15, 0.2) is 0 Å². The summed E-state index contributed by atoms with van der Waals surface area (Å²) in [6.07, 6.45) is 18.6. The topological polar surface area (TPSA) is 77.8 Å². The second-order valence-electron chi connectivity index (χ2n) is 14.0. The lowest BCUT2D eigenvalue weighted by molar-refractivity contribution is -0.00388. The van der Waals surface area contributed by atoms with Gasteiger partial charge in [-0.1, -0.05) is 57.8 Å². The molecule has 0 radical (unpaired) electrons. The molecular formula is C36H68N6O. The van der Waals surface area contributed by atoms with Crippen LogP contribution in [0.15, 0.2) is 24.8 Å². The lowest BCUT2D eigenvalue weighted by Crippen LogP contribution is -2.51. The largest absolute Gasteiger partial charge is 0.389 e. The number of hydrogen-bond donors (Lipinski definition) is 3. The van der Waals surface area contributed by atoms with Crippen LogP contribution in [0.25, 0.3) is 0 Å². The lowest BCUT2D eigenvalue weighted by Gasteiger charge is -2.38. The summed E-state index contributed by atoms with van der Waals surface area (Å²) >= 11 is 0. The summed E-state index contributed by atoms with van der Waals surface area (Å²) in [5.41, 5.74) is -0.576. The van der Waals surface area contributed by atoms with E-state index in [2.05, 4.69) is 70.1 Å². The molecular weight excluding hydrogens is 532 g/mol. The van der Waals surface area contributed by atoms with Gasteiger partial charge >= 0.3 is 0 Å². The molecule has 0 aromatic rings. The van der Waals surface area contributed by atoms with Gasteiger partial charge in [0, 0.05) is 77.9 Å². The monoisotopic (exact) mass is 601 g/mol. The summed E-state index contributed by atoms with van der Waals surface area (Å²) < 4.78 is 0.